The molecule has 27 heavy (non-hydrogen) atoms. The third kappa shape index (κ3) is 3.81. The highest BCUT2D eigenvalue weighted by molar-refractivity contribution is 5.94. The minimum Gasteiger partial charge on any atom is -0.497 e. The van der Waals surface area contributed by atoms with Gasteiger partial charge in [0.05, 0.1) is 7.11 Å². The molecule has 1 saturated heterocycles. The van der Waals surface area contributed by atoms with Gasteiger partial charge in [-0.3, -0.25) is 14.9 Å². The van der Waals surface area contributed by atoms with Gasteiger partial charge in [0, 0.05) is 43.0 Å². The van der Waals surface area contributed by atoms with Crippen LogP contribution in [0.25, 0.3) is 11.4 Å². The van der Waals surface area contributed by atoms with Crippen LogP contribution >= 0.6 is 0 Å². The Morgan fingerprint density at radius 2 is 2.00 bits per heavy atom. The summed E-state index contributed by atoms with van der Waals surface area (Å²) in [6, 6.07) is 11.0. The van der Waals surface area contributed by atoms with Crippen LogP contribution in [0.1, 0.15) is 22.6 Å². The van der Waals surface area contributed by atoms with Crippen LogP contribution < -0.4 is 4.74 Å². The molecule has 1 aliphatic heterocycles. The minimum atomic E-state index is 0.0650. The molecule has 0 saturated carbocycles. The second kappa shape index (κ2) is 7.57. The lowest BCUT2D eigenvalue weighted by Gasteiger charge is -2.16. The minimum absolute atomic E-state index is 0.0650. The largest absolute Gasteiger partial charge is 0.497 e. The van der Waals surface area contributed by atoms with Gasteiger partial charge in [0.2, 0.25) is 0 Å². The van der Waals surface area contributed by atoms with Crippen molar-refractivity contribution in [3.63, 3.8) is 0 Å². The summed E-state index contributed by atoms with van der Waals surface area (Å²) in [5.41, 5.74) is 1.63. The first-order chi connectivity index (χ1) is 13.2. The lowest BCUT2D eigenvalue weighted by atomic mass is 10.0. The normalized spacial score (nSPS) is 16.5. The fourth-order valence-electron chi connectivity index (χ4n) is 3.39. The molecule has 4 rings (SSSR count). The SMILES string of the molecule is COc1ccc(C(=O)N2CCC(Cc3nc(-c4ccncc4)n[nH]3)C2)cc1. The Balaban J connectivity index is 1.37. The number of hydrogen-bond acceptors (Lipinski definition) is 5. The van der Waals surface area contributed by atoms with E-state index in [4.69, 9.17) is 4.74 Å². The second-order valence-electron chi connectivity index (χ2n) is 6.68. The molecule has 3 heterocycles. The summed E-state index contributed by atoms with van der Waals surface area (Å²) in [7, 11) is 1.62. The summed E-state index contributed by atoms with van der Waals surface area (Å²) < 4.78 is 5.15. The number of nitrogens with one attached hydrogen (secondary N) is 1. The van der Waals surface area contributed by atoms with Gasteiger partial charge in [-0.05, 0) is 48.7 Å². The van der Waals surface area contributed by atoms with E-state index in [1.165, 1.54) is 0 Å². The molecule has 0 spiro atoms. The van der Waals surface area contributed by atoms with Crippen molar-refractivity contribution in [1.29, 1.82) is 0 Å². The maximum absolute atomic E-state index is 12.7. The van der Waals surface area contributed by atoms with E-state index in [0.29, 0.717) is 17.3 Å². The van der Waals surface area contributed by atoms with Gasteiger partial charge in [-0.1, -0.05) is 0 Å². The van der Waals surface area contributed by atoms with Gasteiger partial charge in [-0.15, -0.1) is 0 Å². The summed E-state index contributed by atoms with van der Waals surface area (Å²) in [5.74, 6) is 2.73. The number of carbonyl (C=O) groups is 1. The van der Waals surface area contributed by atoms with Crippen molar-refractivity contribution in [2.45, 2.75) is 12.8 Å². The lowest BCUT2D eigenvalue weighted by molar-refractivity contribution is 0.0787. The molecule has 7 heteroatoms. The van der Waals surface area contributed by atoms with Crippen LogP contribution in [0.2, 0.25) is 0 Å². The second-order valence-corrected chi connectivity index (χ2v) is 6.68. The molecule has 0 radical (unpaired) electrons. The number of H-pyrrole nitrogens is 1. The van der Waals surface area contributed by atoms with Crippen LogP contribution in [0, 0.1) is 5.92 Å². The third-order valence-electron chi connectivity index (χ3n) is 4.86. The average molecular weight is 363 g/mol. The highest BCUT2D eigenvalue weighted by Crippen LogP contribution is 2.23. The van der Waals surface area contributed by atoms with Gasteiger partial charge >= 0.3 is 0 Å². The molecule has 7 nitrogen and oxygen atoms in total. The Hall–Kier alpha value is -3.22. The number of rotatable bonds is 5. The molecular formula is C20H21N5O2. The lowest BCUT2D eigenvalue weighted by Crippen LogP contribution is -2.28. The van der Waals surface area contributed by atoms with Crippen LogP contribution in [0.5, 0.6) is 5.75 Å². The maximum Gasteiger partial charge on any atom is 0.253 e. The maximum atomic E-state index is 12.7. The highest BCUT2D eigenvalue weighted by atomic mass is 16.5. The van der Waals surface area contributed by atoms with E-state index in [0.717, 1.165) is 43.1 Å². The first-order valence-corrected chi connectivity index (χ1v) is 8.98. The van der Waals surface area contributed by atoms with E-state index in [1.54, 1.807) is 19.5 Å². The summed E-state index contributed by atoms with van der Waals surface area (Å²) in [6.45, 7) is 1.50. The van der Waals surface area contributed by atoms with Crippen LogP contribution in [0.4, 0.5) is 0 Å². The van der Waals surface area contributed by atoms with Crippen LogP contribution in [-0.4, -0.2) is 51.2 Å². The Kier molecular flexibility index (Phi) is 4.82. The predicted molar refractivity (Wildman–Crippen MR) is 100 cm³/mol. The fraction of sp³-hybridized carbons (Fsp3) is 0.300. The zero-order valence-corrected chi connectivity index (χ0v) is 15.1. The number of methoxy groups -OCH3 is 1. The Labute approximate surface area is 157 Å². The number of benzene rings is 1. The predicted octanol–water partition coefficient (Wildman–Crippen LogP) is 2.58. The summed E-state index contributed by atoms with van der Waals surface area (Å²) in [5, 5.41) is 7.31. The number of hydrogen-bond donors (Lipinski definition) is 1. The topological polar surface area (TPSA) is 84.0 Å². The molecule has 2 aromatic heterocycles. The van der Waals surface area contributed by atoms with Gasteiger partial charge in [-0.25, -0.2) is 4.98 Å². The summed E-state index contributed by atoms with van der Waals surface area (Å²) >= 11 is 0. The molecule has 1 unspecified atom stereocenters. The van der Waals surface area contributed by atoms with Gasteiger partial charge in [0.15, 0.2) is 5.82 Å². The first kappa shape index (κ1) is 17.2. The van der Waals surface area contributed by atoms with E-state index in [-0.39, 0.29) is 5.91 Å². The monoisotopic (exact) mass is 363 g/mol. The molecule has 3 aromatic rings. The molecule has 0 bridgehead atoms. The molecule has 138 valence electrons. The van der Waals surface area contributed by atoms with Crippen molar-refractivity contribution < 1.29 is 9.53 Å². The average Bonchev–Trinajstić information content (AvgIpc) is 3.38. The van der Waals surface area contributed by atoms with Gasteiger partial charge < -0.3 is 9.64 Å². The summed E-state index contributed by atoms with van der Waals surface area (Å²) in [4.78, 5) is 23.2. The molecule has 0 aliphatic carbocycles. The zero-order chi connectivity index (χ0) is 18.6. The number of pyridine rings is 1. The Bertz CT molecular complexity index is 908. The standard InChI is InChI=1S/C20H21N5O2/c1-27-17-4-2-16(3-5-17)20(26)25-11-8-14(13-25)12-18-22-19(24-23-18)15-6-9-21-10-7-15/h2-7,9-10,14H,8,11-13H2,1H3,(H,22,23,24). The molecular weight excluding hydrogens is 342 g/mol. The number of aromatic nitrogens is 4. The zero-order valence-electron chi connectivity index (χ0n) is 15.1. The van der Waals surface area contributed by atoms with Gasteiger partial charge in [0.1, 0.15) is 11.6 Å². The number of amides is 1. The number of ether oxygens (including phenoxy) is 1. The highest BCUT2D eigenvalue weighted by Gasteiger charge is 2.28. The number of aromatic amines is 1. The molecule has 1 aliphatic rings. The summed E-state index contributed by atoms with van der Waals surface area (Å²) in [6.07, 6.45) is 5.20. The molecule has 1 N–H and O–H groups in total. The Morgan fingerprint density at radius 1 is 1.22 bits per heavy atom. The van der Waals surface area contributed by atoms with Gasteiger partial charge in [0.25, 0.3) is 5.91 Å². The molecule has 1 fully saturated rings. The first-order valence-electron chi connectivity index (χ1n) is 8.98. The quantitative estimate of drug-likeness (QED) is 0.753. The smallest absolute Gasteiger partial charge is 0.253 e. The van der Waals surface area contributed by atoms with Crippen molar-refractivity contribution in [2.24, 2.45) is 5.92 Å². The van der Waals surface area contributed by atoms with E-state index >= 15 is 0 Å². The molecule has 1 amide bonds. The van der Waals surface area contributed by atoms with Crippen LogP contribution in [-0.2, 0) is 6.42 Å². The fourth-order valence-corrected chi connectivity index (χ4v) is 3.39. The van der Waals surface area contributed by atoms with Crippen LogP contribution in [0.15, 0.2) is 48.8 Å². The number of likely N-dealkylation sites (tertiary alicyclic amines) is 1. The van der Waals surface area contributed by atoms with Crippen molar-refractivity contribution >= 4 is 5.91 Å². The van der Waals surface area contributed by atoms with E-state index in [2.05, 4.69) is 20.2 Å². The van der Waals surface area contributed by atoms with Crippen molar-refractivity contribution in [2.75, 3.05) is 20.2 Å². The number of nitrogens with zero attached hydrogens (tertiary/aromatic N) is 4. The van der Waals surface area contributed by atoms with Gasteiger partial charge in [-0.2, -0.15) is 5.10 Å². The third-order valence-corrected chi connectivity index (χ3v) is 4.86. The van der Waals surface area contributed by atoms with Crippen molar-refractivity contribution in [3.05, 3.63) is 60.2 Å². The van der Waals surface area contributed by atoms with Crippen LogP contribution in [0.3, 0.4) is 0 Å². The van der Waals surface area contributed by atoms with E-state index in [1.807, 2.05) is 41.3 Å². The van der Waals surface area contributed by atoms with E-state index < -0.39 is 0 Å². The molecule has 1 atom stereocenters. The Morgan fingerprint density at radius 3 is 2.74 bits per heavy atom. The van der Waals surface area contributed by atoms with E-state index in [9.17, 15) is 4.79 Å². The molecule has 1 aromatic carbocycles. The van der Waals surface area contributed by atoms with Crippen molar-refractivity contribution in [1.82, 2.24) is 25.1 Å². The number of carbonyl (C=O) groups excluding carboxylic acids is 1. The van der Waals surface area contributed by atoms with Crippen molar-refractivity contribution in [3.8, 4) is 17.1 Å².